The zero-order valence-corrected chi connectivity index (χ0v) is 19.5. The summed E-state index contributed by atoms with van der Waals surface area (Å²) in [5.74, 6) is -1.39. The number of unbranched alkanes of at least 4 members (excludes halogenated alkanes) is 1. The summed E-state index contributed by atoms with van der Waals surface area (Å²) in [7, 11) is -3.81. The van der Waals surface area contributed by atoms with Gasteiger partial charge in [0.1, 0.15) is 0 Å². The number of alkyl halides is 3. The molecule has 1 heterocycles. The molecule has 10 heteroatoms. The second-order valence-corrected chi connectivity index (χ2v) is 9.91. The van der Waals surface area contributed by atoms with Gasteiger partial charge in [0.15, 0.2) is 0 Å². The first-order valence-corrected chi connectivity index (χ1v) is 12.6. The van der Waals surface area contributed by atoms with E-state index in [0.29, 0.717) is 36.0 Å². The van der Waals surface area contributed by atoms with Crippen LogP contribution in [0.3, 0.4) is 0 Å². The van der Waals surface area contributed by atoms with Crippen LogP contribution in [0, 0.1) is 5.92 Å². The third-order valence-corrected chi connectivity index (χ3v) is 7.14. The van der Waals surface area contributed by atoms with E-state index in [1.807, 2.05) is 0 Å². The number of amides is 1. The lowest BCUT2D eigenvalue weighted by molar-refractivity contribution is -0.186. The lowest BCUT2D eigenvalue weighted by atomic mass is 10.00. The van der Waals surface area contributed by atoms with E-state index >= 15 is 0 Å². The van der Waals surface area contributed by atoms with Gasteiger partial charge in [-0.05, 0) is 48.4 Å². The van der Waals surface area contributed by atoms with Crippen molar-refractivity contribution in [3.8, 4) is 0 Å². The van der Waals surface area contributed by atoms with E-state index in [1.54, 1.807) is 6.07 Å². The van der Waals surface area contributed by atoms with E-state index < -0.39 is 22.1 Å². The van der Waals surface area contributed by atoms with Gasteiger partial charge >= 0.3 is 12.1 Å². The maximum atomic E-state index is 12.7. The van der Waals surface area contributed by atoms with Gasteiger partial charge in [0.25, 0.3) is 0 Å². The highest BCUT2D eigenvalue weighted by Gasteiger charge is 2.43. The molecule has 0 spiro atoms. The van der Waals surface area contributed by atoms with Crippen LogP contribution in [0.25, 0.3) is 0 Å². The fraction of sp³-hybridized carbons (Fsp3) is 0.682. The number of nitrogens with one attached hydrogen (secondary N) is 1. The summed E-state index contributed by atoms with van der Waals surface area (Å²) in [6.07, 6.45) is 0.322. The number of hydrogen-bond acceptors (Lipinski definition) is 4. The summed E-state index contributed by atoms with van der Waals surface area (Å²) < 4.78 is 71.5. The van der Waals surface area contributed by atoms with Gasteiger partial charge in [0.2, 0.25) is 10.0 Å². The lowest BCUT2D eigenvalue weighted by Gasteiger charge is -2.29. The molecule has 1 unspecified atom stereocenters. The minimum absolute atomic E-state index is 0.0240. The fourth-order valence-corrected chi connectivity index (χ4v) is 4.79. The molecule has 1 atom stereocenters. The van der Waals surface area contributed by atoms with Crippen molar-refractivity contribution in [2.45, 2.75) is 70.0 Å². The molecule has 0 fully saturated rings. The van der Waals surface area contributed by atoms with Crippen LogP contribution in [0.2, 0.25) is 0 Å². The molecule has 6 nitrogen and oxygen atoms in total. The number of ether oxygens (including phenoxy) is 1. The lowest BCUT2D eigenvalue weighted by Crippen LogP contribution is -2.43. The predicted molar refractivity (Wildman–Crippen MR) is 116 cm³/mol. The topological polar surface area (TPSA) is 75.7 Å². The van der Waals surface area contributed by atoms with Gasteiger partial charge in [-0.25, -0.2) is 13.1 Å². The molecule has 0 bridgehead atoms. The van der Waals surface area contributed by atoms with Gasteiger partial charge in [-0.1, -0.05) is 39.2 Å². The minimum Gasteiger partial charge on any atom is -0.381 e. The molecule has 32 heavy (non-hydrogen) atoms. The molecule has 0 aromatic heterocycles. The molecular formula is C22H33F3N2O4S. The summed E-state index contributed by atoms with van der Waals surface area (Å²) in [4.78, 5) is 12.2. The third kappa shape index (κ3) is 7.74. The molecule has 1 aromatic carbocycles. The number of carbonyl (C=O) groups excluding carboxylic acids is 1. The Hall–Kier alpha value is -1.65. The quantitative estimate of drug-likeness (QED) is 0.460. The van der Waals surface area contributed by atoms with Crippen LogP contribution >= 0.6 is 0 Å². The number of carbonyl (C=O) groups is 1. The zero-order chi connectivity index (χ0) is 23.8. The number of sulfonamides is 1. The summed E-state index contributed by atoms with van der Waals surface area (Å²) in [6, 6.07) is 4.39. The molecule has 0 aliphatic carbocycles. The highest BCUT2D eigenvalue weighted by Crippen LogP contribution is 2.26. The second-order valence-electron chi connectivity index (χ2n) is 8.15. The first-order chi connectivity index (χ1) is 15.1. The fourth-order valence-electron chi connectivity index (χ4n) is 3.67. The van der Waals surface area contributed by atoms with Gasteiger partial charge in [-0.15, -0.1) is 0 Å². The molecule has 1 N–H and O–H groups in total. The van der Waals surface area contributed by atoms with Gasteiger partial charge in [0.05, 0.1) is 4.90 Å². The van der Waals surface area contributed by atoms with Crippen LogP contribution in [0.5, 0.6) is 0 Å². The molecule has 0 radical (unpaired) electrons. The van der Waals surface area contributed by atoms with E-state index in [-0.39, 0.29) is 31.0 Å². The van der Waals surface area contributed by atoms with E-state index in [9.17, 15) is 26.4 Å². The second kappa shape index (κ2) is 12.0. The number of hydrogen-bond donors (Lipinski definition) is 1. The number of halogens is 3. The molecule has 0 saturated heterocycles. The first-order valence-electron chi connectivity index (χ1n) is 11.1. The number of rotatable bonds is 12. The van der Waals surface area contributed by atoms with Crippen molar-refractivity contribution in [3.05, 3.63) is 29.3 Å². The van der Waals surface area contributed by atoms with Crippen LogP contribution < -0.4 is 4.72 Å². The van der Waals surface area contributed by atoms with Crippen LogP contribution in [0.4, 0.5) is 13.2 Å². The first kappa shape index (κ1) is 26.6. The number of fused-ring (bicyclic) bond motifs is 1. The average Bonchev–Trinajstić information content (AvgIpc) is 2.76. The smallest absolute Gasteiger partial charge is 0.381 e. The average molecular weight is 479 g/mol. The monoisotopic (exact) mass is 478 g/mol. The SMILES string of the molecule is CCCCC(CC)COCCCNS(=O)(=O)c1ccc2c(c1)CN(C(=O)C(F)(F)F)CC2. The Bertz CT molecular complexity index is 859. The Kier molecular flexibility index (Phi) is 9.97. The predicted octanol–water partition coefficient (Wildman–Crippen LogP) is 4.04. The van der Waals surface area contributed by atoms with Crippen molar-refractivity contribution in [3.63, 3.8) is 0 Å². The Morgan fingerprint density at radius 3 is 2.62 bits per heavy atom. The van der Waals surface area contributed by atoms with Crippen LogP contribution in [0.1, 0.15) is 57.1 Å². The molecule has 1 amide bonds. The number of benzene rings is 1. The van der Waals surface area contributed by atoms with Gasteiger partial charge in [0, 0.05) is 32.8 Å². The molecule has 2 rings (SSSR count). The van der Waals surface area contributed by atoms with E-state index in [1.165, 1.54) is 18.6 Å². The highest BCUT2D eigenvalue weighted by molar-refractivity contribution is 7.89. The van der Waals surface area contributed by atoms with Gasteiger partial charge < -0.3 is 9.64 Å². The highest BCUT2D eigenvalue weighted by atomic mass is 32.2. The van der Waals surface area contributed by atoms with Gasteiger partial charge in [-0.2, -0.15) is 13.2 Å². The van der Waals surface area contributed by atoms with E-state index in [4.69, 9.17) is 4.74 Å². The Labute approximate surface area is 188 Å². The number of nitrogens with zero attached hydrogens (tertiary/aromatic N) is 1. The Morgan fingerprint density at radius 2 is 1.97 bits per heavy atom. The normalized spacial score (nSPS) is 15.5. The van der Waals surface area contributed by atoms with Crippen molar-refractivity contribution < 1.29 is 31.1 Å². The van der Waals surface area contributed by atoms with Crippen LogP contribution in [-0.2, 0) is 32.5 Å². The van der Waals surface area contributed by atoms with Crippen molar-refractivity contribution in [1.82, 2.24) is 9.62 Å². The standard InChI is InChI=1S/C22H33F3N2O4S/c1-3-5-7-17(4-2)16-31-13-6-11-26-32(29,30)20-9-8-18-10-12-27(15-19(18)14-20)21(28)22(23,24)25/h8-9,14,17,26H,3-7,10-13,15-16H2,1-2H3. The largest absolute Gasteiger partial charge is 0.471 e. The molecule has 182 valence electrons. The molecule has 1 aliphatic heterocycles. The summed E-state index contributed by atoms with van der Waals surface area (Å²) >= 11 is 0. The third-order valence-electron chi connectivity index (χ3n) is 5.68. The van der Waals surface area contributed by atoms with E-state index in [0.717, 1.165) is 24.8 Å². The molecule has 0 saturated carbocycles. The zero-order valence-electron chi connectivity index (χ0n) is 18.7. The van der Waals surface area contributed by atoms with Crippen LogP contribution in [-0.4, -0.2) is 51.7 Å². The molecule has 1 aromatic rings. The van der Waals surface area contributed by atoms with Crippen molar-refractivity contribution in [1.29, 1.82) is 0 Å². The maximum absolute atomic E-state index is 12.7. The van der Waals surface area contributed by atoms with E-state index in [2.05, 4.69) is 18.6 Å². The minimum atomic E-state index is -4.95. The van der Waals surface area contributed by atoms with Crippen molar-refractivity contribution >= 4 is 15.9 Å². The Balaban J connectivity index is 1.86. The molecular weight excluding hydrogens is 445 g/mol. The Morgan fingerprint density at radius 1 is 1.22 bits per heavy atom. The maximum Gasteiger partial charge on any atom is 0.471 e. The van der Waals surface area contributed by atoms with Gasteiger partial charge in [-0.3, -0.25) is 4.79 Å². The van der Waals surface area contributed by atoms with Crippen LogP contribution in [0.15, 0.2) is 23.1 Å². The van der Waals surface area contributed by atoms with Crippen molar-refractivity contribution in [2.24, 2.45) is 5.92 Å². The van der Waals surface area contributed by atoms with Crippen molar-refractivity contribution in [2.75, 3.05) is 26.3 Å². The summed E-state index contributed by atoms with van der Waals surface area (Å²) in [5.41, 5.74) is 1.16. The summed E-state index contributed by atoms with van der Waals surface area (Å²) in [6.45, 7) is 5.29. The molecule has 1 aliphatic rings. The summed E-state index contributed by atoms with van der Waals surface area (Å²) in [5, 5.41) is 0.